The Morgan fingerprint density at radius 2 is 1.72 bits per heavy atom. The molecule has 0 radical (unpaired) electrons. The van der Waals surface area contributed by atoms with Gasteiger partial charge in [-0.25, -0.2) is 0 Å². The number of hydrogen-bond donors (Lipinski definition) is 2. The van der Waals surface area contributed by atoms with Crippen molar-refractivity contribution in [2.75, 3.05) is 13.6 Å². The van der Waals surface area contributed by atoms with Crippen LogP contribution < -0.4 is 10.6 Å². The van der Waals surface area contributed by atoms with Crippen molar-refractivity contribution in [3.63, 3.8) is 0 Å². The summed E-state index contributed by atoms with van der Waals surface area (Å²) in [5.41, 5.74) is 4.38. The lowest BCUT2D eigenvalue weighted by Gasteiger charge is -2.16. The summed E-state index contributed by atoms with van der Waals surface area (Å²) in [4.78, 5) is 4.26. The van der Waals surface area contributed by atoms with Gasteiger partial charge in [0.15, 0.2) is 5.96 Å². The maximum Gasteiger partial charge on any atom is 0.191 e. The molecule has 2 rings (SSSR count). The van der Waals surface area contributed by atoms with Gasteiger partial charge < -0.3 is 10.6 Å². The van der Waals surface area contributed by atoms with Crippen LogP contribution >= 0.6 is 24.0 Å². The Labute approximate surface area is 167 Å². The number of nitriles is 1. The minimum absolute atomic E-state index is 0. The molecule has 0 aliphatic carbocycles. The minimum Gasteiger partial charge on any atom is -0.356 e. The number of aliphatic imine (C=N–C) groups is 1. The average Bonchev–Trinajstić information content (AvgIpc) is 2.62. The Hall–Kier alpha value is -2.07. The Kier molecular flexibility index (Phi) is 9.00. The highest BCUT2D eigenvalue weighted by Gasteiger charge is 2.06. The molecule has 25 heavy (non-hydrogen) atoms. The van der Waals surface area contributed by atoms with Gasteiger partial charge in [0.25, 0.3) is 0 Å². The zero-order chi connectivity index (χ0) is 17.4. The Morgan fingerprint density at radius 1 is 1.08 bits per heavy atom. The molecule has 5 heteroatoms. The molecule has 0 saturated carbocycles. The third-order valence-corrected chi connectivity index (χ3v) is 3.99. The molecule has 0 aliphatic heterocycles. The Balaban J connectivity index is 0.00000312. The molecule has 4 nitrogen and oxygen atoms in total. The van der Waals surface area contributed by atoms with Gasteiger partial charge in [-0.1, -0.05) is 48.9 Å². The molecule has 1 unspecified atom stereocenters. The van der Waals surface area contributed by atoms with E-state index in [4.69, 9.17) is 5.26 Å². The van der Waals surface area contributed by atoms with Crippen LogP contribution in [0, 0.1) is 18.3 Å². The maximum absolute atomic E-state index is 8.82. The highest BCUT2D eigenvalue weighted by Crippen LogP contribution is 2.14. The predicted molar refractivity (Wildman–Crippen MR) is 114 cm³/mol. The predicted octanol–water partition coefficient (Wildman–Crippen LogP) is 3.95. The van der Waals surface area contributed by atoms with E-state index in [0.717, 1.165) is 18.1 Å². The molecule has 1 atom stereocenters. The molecule has 0 saturated heterocycles. The Bertz CT molecular complexity index is 715. The van der Waals surface area contributed by atoms with Crippen LogP contribution in [-0.2, 0) is 6.54 Å². The molecule has 0 bridgehead atoms. The van der Waals surface area contributed by atoms with Gasteiger partial charge in [-0.3, -0.25) is 4.99 Å². The second kappa shape index (κ2) is 10.7. The number of guanidine groups is 1. The standard InChI is InChI=1S/C20H24N4.HI/c1-15-4-10-19(11-5-15)16(2)13-23-20(22-3)24-14-18-8-6-17(12-21)7-9-18;/h4-11,16H,13-14H2,1-3H3,(H2,22,23,24);1H. The van der Waals surface area contributed by atoms with Crippen molar-refractivity contribution in [3.8, 4) is 6.07 Å². The summed E-state index contributed by atoms with van der Waals surface area (Å²) < 4.78 is 0. The molecular formula is C20H25IN4. The molecule has 2 N–H and O–H groups in total. The fraction of sp³-hybridized carbons (Fsp3) is 0.300. The van der Waals surface area contributed by atoms with Gasteiger partial charge in [-0.05, 0) is 36.1 Å². The molecule has 0 aromatic heterocycles. The molecule has 0 fully saturated rings. The van der Waals surface area contributed by atoms with Crippen LogP contribution in [0.3, 0.4) is 0 Å². The summed E-state index contributed by atoms with van der Waals surface area (Å²) in [5.74, 6) is 1.18. The lowest BCUT2D eigenvalue weighted by atomic mass is 10.0. The van der Waals surface area contributed by atoms with Crippen molar-refractivity contribution in [1.29, 1.82) is 5.26 Å². The Morgan fingerprint density at radius 3 is 2.28 bits per heavy atom. The minimum atomic E-state index is 0. The summed E-state index contributed by atoms with van der Waals surface area (Å²) in [7, 11) is 1.77. The van der Waals surface area contributed by atoms with Crippen molar-refractivity contribution in [1.82, 2.24) is 10.6 Å². The summed E-state index contributed by atoms with van der Waals surface area (Å²) >= 11 is 0. The topological polar surface area (TPSA) is 60.2 Å². The molecule has 2 aromatic carbocycles. The number of rotatable bonds is 5. The van der Waals surface area contributed by atoms with Gasteiger partial charge in [0.2, 0.25) is 0 Å². The summed E-state index contributed by atoms with van der Waals surface area (Å²) in [5, 5.41) is 15.5. The van der Waals surface area contributed by atoms with Gasteiger partial charge in [-0.15, -0.1) is 24.0 Å². The van der Waals surface area contributed by atoms with E-state index >= 15 is 0 Å². The van der Waals surface area contributed by atoms with Crippen LogP contribution in [0.4, 0.5) is 0 Å². The molecule has 0 spiro atoms. The van der Waals surface area contributed by atoms with Gasteiger partial charge in [0.1, 0.15) is 0 Å². The van der Waals surface area contributed by atoms with Crippen molar-refractivity contribution >= 4 is 29.9 Å². The van der Waals surface area contributed by atoms with E-state index in [-0.39, 0.29) is 24.0 Å². The average molecular weight is 448 g/mol. The number of benzene rings is 2. The number of halogens is 1. The van der Waals surface area contributed by atoms with Crippen molar-refractivity contribution in [3.05, 3.63) is 70.8 Å². The lowest BCUT2D eigenvalue weighted by molar-refractivity contribution is 0.698. The molecule has 132 valence electrons. The van der Waals surface area contributed by atoms with E-state index in [9.17, 15) is 0 Å². The van der Waals surface area contributed by atoms with Gasteiger partial charge in [-0.2, -0.15) is 5.26 Å². The van der Waals surface area contributed by atoms with Gasteiger partial charge in [0, 0.05) is 20.1 Å². The maximum atomic E-state index is 8.82. The smallest absolute Gasteiger partial charge is 0.191 e. The largest absolute Gasteiger partial charge is 0.356 e. The van der Waals surface area contributed by atoms with Crippen molar-refractivity contribution in [2.24, 2.45) is 4.99 Å². The SMILES string of the molecule is CN=C(NCc1ccc(C#N)cc1)NCC(C)c1ccc(C)cc1.I. The van der Waals surface area contributed by atoms with E-state index < -0.39 is 0 Å². The second-order valence-electron chi connectivity index (χ2n) is 5.93. The fourth-order valence-corrected chi connectivity index (χ4v) is 2.37. The number of hydrogen-bond acceptors (Lipinski definition) is 2. The monoisotopic (exact) mass is 448 g/mol. The first-order chi connectivity index (χ1) is 11.6. The summed E-state index contributed by atoms with van der Waals surface area (Å²) in [6, 6.07) is 18.3. The molecular weight excluding hydrogens is 423 g/mol. The number of nitrogens with one attached hydrogen (secondary N) is 2. The van der Waals surface area contributed by atoms with Crippen LogP contribution in [0.1, 0.15) is 35.1 Å². The van der Waals surface area contributed by atoms with E-state index in [1.165, 1.54) is 11.1 Å². The first-order valence-corrected chi connectivity index (χ1v) is 8.12. The van der Waals surface area contributed by atoms with E-state index in [0.29, 0.717) is 18.0 Å². The first kappa shape index (κ1) is 21.0. The second-order valence-corrected chi connectivity index (χ2v) is 5.93. The highest BCUT2D eigenvalue weighted by atomic mass is 127. The molecule has 0 aliphatic rings. The number of nitrogens with zero attached hydrogens (tertiary/aromatic N) is 2. The summed E-state index contributed by atoms with van der Waals surface area (Å²) in [6.07, 6.45) is 0. The van der Waals surface area contributed by atoms with Crippen molar-refractivity contribution < 1.29 is 0 Å². The summed E-state index contributed by atoms with van der Waals surface area (Å²) in [6.45, 7) is 5.79. The van der Waals surface area contributed by atoms with Gasteiger partial charge >= 0.3 is 0 Å². The molecule has 2 aromatic rings. The fourth-order valence-electron chi connectivity index (χ4n) is 2.37. The zero-order valence-corrected chi connectivity index (χ0v) is 17.2. The van der Waals surface area contributed by atoms with E-state index in [1.807, 2.05) is 24.3 Å². The highest BCUT2D eigenvalue weighted by molar-refractivity contribution is 14.0. The molecule has 0 heterocycles. The quantitative estimate of drug-likeness (QED) is 0.414. The number of aryl methyl sites for hydroxylation is 1. The van der Waals surface area contributed by atoms with Crippen LogP contribution in [0.15, 0.2) is 53.5 Å². The first-order valence-electron chi connectivity index (χ1n) is 8.12. The van der Waals surface area contributed by atoms with E-state index in [2.05, 4.69) is 59.8 Å². The van der Waals surface area contributed by atoms with Crippen LogP contribution in [0.5, 0.6) is 0 Å². The van der Waals surface area contributed by atoms with Crippen LogP contribution in [0.2, 0.25) is 0 Å². The van der Waals surface area contributed by atoms with Crippen LogP contribution in [0.25, 0.3) is 0 Å². The van der Waals surface area contributed by atoms with Gasteiger partial charge in [0.05, 0.1) is 11.6 Å². The normalized spacial score (nSPS) is 11.8. The lowest BCUT2D eigenvalue weighted by Crippen LogP contribution is -2.38. The van der Waals surface area contributed by atoms with Crippen molar-refractivity contribution in [2.45, 2.75) is 26.3 Å². The third-order valence-electron chi connectivity index (χ3n) is 3.99. The molecule has 0 amide bonds. The van der Waals surface area contributed by atoms with Crippen LogP contribution in [-0.4, -0.2) is 19.6 Å². The third kappa shape index (κ3) is 6.75. The van der Waals surface area contributed by atoms with E-state index in [1.54, 1.807) is 7.05 Å². The zero-order valence-electron chi connectivity index (χ0n) is 14.9.